The number of nitrogens with zero attached hydrogens (tertiary/aromatic N) is 1. The van der Waals surface area contributed by atoms with E-state index in [0.29, 0.717) is 0 Å². The predicted molar refractivity (Wildman–Crippen MR) is 61.7 cm³/mol. The summed E-state index contributed by atoms with van der Waals surface area (Å²) in [6.07, 6.45) is 1.19. The third-order valence-electron chi connectivity index (χ3n) is 2.05. The Morgan fingerprint density at radius 3 is 2.36 bits per heavy atom. The molecule has 3 heteroatoms. The number of hydrogen-bond donors (Lipinski definition) is 1. The fourth-order valence-corrected chi connectivity index (χ4v) is 1.17. The standard InChI is InChI=1S/C11H26N2O/c1-11(2,3)12-7-6-8-13(4)9-10-14-5/h12H,6-10H2,1-5H3. The van der Waals surface area contributed by atoms with Gasteiger partial charge >= 0.3 is 0 Å². The van der Waals surface area contributed by atoms with Gasteiger partial charge in [-0.3, -0.25) is 0 Å². The molecule has 0 aromatic heterocycles. The molecular formula is C11H26N2O. The molecule has 1 N–H and O–H groups in total. The van der Waals surface area contributed by atoms with Gasteiger partial charge < -0.3 is 15.0 Å². The van der Waals surface area contributed by atoms with Crippen molar-refractivity contribution >= 4 is 0 Å². The van der Waals surface area contributed by atoms with Gasteiger partial charge in [-0.15, -0.1) is 0 Å². The van der Waals surface area contributed by atoms with Gasteiger partial charge in [-0.25, -0.2) is 0 Å². The van der Waals surface area contributed by atoms with Gasteiger partial charge in [0, 0.05) is 19.2 Å². The highest BCUT2D eigenvalue weighted by Crippen LogP contribution is 1.98. The van der Waals surface area contributed by atoms with E-state index in [2.05, 4.69) is 38.0 Å². The number of methoxy groups -OCH3 is 1. The quantitative estimate of drug-likeness (QED) is 0.631. The Balaban J connectivity index is 3.27. The zero-order chi connectivity index (χ0) is 11.0. The summed E-state index contributed by atoms with van der Waals surface area (Å²) in [5.41, 5.74) is 0.241. The van der Waals surface area contributed by atoms with Gasteiger partial charge in [-0.05, 0) is 47.3 Å². The summed E-state index contributed by atoms with van der Waals surface area (Å²) < 4.78 is 5.02. The summed E-state index contributed by atoms with van der Waals surface area (Å²) in [5, 5.41) is 3.48. The van der Waals surface area contributed by atoms with Crippen molar-refractivity contribution in [2.75, 3.05) is 40.4 Å². The fourth-order valence-electron chi connectivity index (χ4n) is 1.17. The first-order chi connectivity index (χ1) is 6.45. The van der Waals surface area contributed by atoms with Gasteiger partial charge in [0.15, 0.2) is 0 Å². The lowest BCUT2D eigenvalue weighted by Crippen LogP contribution is -2.37. The lowest BCUT2D eigenvalue weighted by atomic mass is 10.1. The van der Waals surface area contributed by atoms with Gasteiger partial charge in [0.1, 0.15) is 0 Å². The van der Waals surface area contributed by atoms with Crippen LogP contribution in [0.3, 0.4) is 0 Å². The second kappa shape index (κ2) is 7.21. The third-order valence-corrected chi connectivity index (χ3v) is 2.05. The van der Waals surface area contributed by atoms with Crippen molar-refractivity contribution in [3.8, 4) is 0 Å². The number of likely N-dealkylation sites (N-methyl/N-ethyl adjacent to an activating group) is 1. The summed E-state index contributed by atoms with van der Waals surface area (Å²) >= 11 is 0. The predicted octanol–water partition coefficient (Wildman–Crippen LogP) is 1.34. The first-order valence-electron chi connectivity index (χ1n) is 5.38. The molecule has 0 aromatic rings. The lowest BCUT2D eigenvalue weighted by molar-refractivity contribution is 0.160. The Bertz CT molecular complexity index is 132. The molecule has 3 nitrogen and oxygen atoms in total. The van der Waals surface area contributed by atoms with E-state index in [0.717, 1.165) is 26.2 Å². The number of rotatable bonds is 7. The SMILES string of the molecule is COCCN(C)CCCNC(C)(C)C. The van der Waals surface area contributed by atoms with Crippen molar-refractivity contribution in [2.45, 2.75) is 32.7 Å². The zero-order valence-electron chi connectivity index (χ0n) is 10.4. The highest BCUT2D eigenvalue weighted by molar-refractivity contribution is 4.70. The summed E-state index contributed by atoms with van der Waals surface area (Å²) in [4.78, 5) is 2.30. The maximum Gasteiger partial charge on any atom is 0.0589 e. The van der Waals surface area contributed by atoms with Gasteiger partial charge in [0.25, 0.3) is 0 Å². The molecule has 0 radical (unpaired) electrons. The highest BCUT2D eigenvalue weighted by Gasteiger charge is 2.07. The summed E-state index contributed by atoms with van der Waals surface area (Å²) in [7, 11) is 3.88. The van der Waals surface area contributed by atoms with E-state index in [-0.39, 0.29) is 5.54 Å². The molecule has 0 saturated carbocycles. The van der Waals surface area contributed by atoms with Crippen LogP contribution in [0.4, 0.5) is 0 Å². The minimum Gasteiger partial charge on any atom is -0.383 e. The van der Waals surface area contributed by atoms with Crippen LogP contribution in [0, 0.1) is 0 Å². The van der Waals surface area contributed by atoms with Crippen LogP contribution in [0.5, 0.6) is 0 Å². The van der Waals surface area contributed by atoms with Crippen LogP contribution in [0.15, 0.2) is 0 Å². The van der Waals surface area contributed by atoms with E-state index in [4.69, 9.17) is 4.74 Å². The van der Waals surface area contributed by atoms with Crippen molar-refractivity contribution in [3.05, 3.63) is 0 Å². The molecule has 0 amide bonds. The van der Waals surface area contributed by atoms with E-state index < -0.39 is 0 Å². The maximum atomic E-state index is 5.02. The molecule has 0 aliphatic carbocycles. The minimum atomic E-state index is 0.241. The molecule has 86 valence electrons. The van der Waals surface area contributed by atoms with Gasteiger partial charge in [0.05, 0.1) is 6.61 Å². The van der Waals surface area contributed by atoms with Crippen molar-refractivity contribution < 1.29 is 4.74 Å². The molecular weight excluding hydrogens is 176 g/mol. The molecule has 0 spiro atoms. The van der Waals surface area contributed by atoms with E-state index in [1.54, 1.807) is 7.11 Å². The number of ether oxygens (including phenoxy) is 1. The molecule has 0 bridgehead atoms. The van der Waals surface area contributed by atoms with Gasteiger partial charge in [-0.1, -0.05) is 0 Å². The topological polar surface area (TPSA) is 24.5 Å². The maximum absolute atomic E-state index is 5.02. The molecule has 14 heavy (non-hydrogen) atoms. The molecule has 0 fully saturated rings. The molecule has 0 heterocycles. The van der Waals surface area contributed by atoms with Crippen molar-refractivity contribution in [2.24, 2.45) is 0 Å². The Kier molecular flexibility index (Phi) is 7.15. The Morgan fingerprint density at radius 1 is 1.21 bits per heavy atom. The van der Waals surface area contributed by atoms with Crippen LogP contribution in [0.25, 0.3) is 0 Å². The first kappa shape index (κ1) is 13.9. The summed E-state index contributed by atoms with van der Waals surface area (Å²) in [6, 6.07) is 0. The van der Waals surface area contributed by atoms with Crippen molar-refractivity contribution in [1.29, 1.82) is 0 Å². The molecule has 0 aliphatic heterocycles. The monoisotopic (exact) mass is 202 g/mol. The van der Waals surface area contributed by atoms with E-state index in [1.807, 2.05) is 0 Å². The van der Waals surface area contributed by atoms with Crippen LogP contribution in [0.2, 0.25) is 0 Å². The van der Waals surface area contributed by atoms with Gasteiger partial charge in [0.2, 0.25) is 0 Å². The smallest absolute Gasteiger partial charge is 0.0589 e. The molecule has 0 saturated heterocycles. The largest absolute Gasteiger partial charge is 0.383 e. The van der Waals surface area contributed by atoms with Crippen molar-refractivity contribution in [3.63, 3.8) is 0 Å². The molecule has 0 aliphatic rings. The van der Waals surface area contributed by atoms with Crippen LogP contribution in [-0.4, -0.2) is 50.8 Å². The average molecular weight is 202 g/mol. The van der Waals surface area contributed by atoms with E-state index in [1.165, 1.54) is 6.42 Å². The average Bonchev–Trinajstić information content (AvgIpc) is 2.07. The number of hydrogen-bond acceptors (Lipinski definition) is 3. The third kappa shape index (κ3) is 9.96. The molecule has 0 atom stereocenters. The first-order valence-corrected chi connectivity index (χ1v) is 5.38. The Morgan fingerprint density at radius 2 is 1.86 bits per heavy atom. The zero-order valence-corrected chi connectivity index (χ0v) is 10.4. The highest BCUT2D eigenvalue weighted by atomic mass is 16.5. The van der Waals surface area contributed by atoms with Crippen LogP contribution < -0.4 is 5.32 Å². The van der Waals surface area contributed by atoms with Crippen LogP contribution in [-0.2, 0) is 4.74 Å². The van der Waals surface area contributed by atoms with Crippen LogP contribution in [0.1, 0.15) is 27.2 Å². The number of nitrogens with one attached hydrogen (secondary N) is 1. The van der Waals surface area contributed by atoms with E-state index in [9.17, 15) is 0 Å². The molecule has 0 rings (SSSR count). The van der Waals surface area contributed by atoms with Crippen molar-refractivity contribution in [1.82, 2.24) is 10.2 Å². The Hall–Kier alpha value is -0.120. The lowest BCUT2D eigenvalue weighted by Gasteiger charge is -2.22. The molecule has 0 aromatic carbocycles. The summed E-state index contributed by atoms with van der Waals surface area (Å²) in [5.74, 6) is 0. The summed E-state index contributed by atoms with van der Waals surface area (Å²) in [6.45, 7) is 10.6. The fraction of sp³-hybridized carbons (Fsp3) is 1.00. The van der Waals surface area contributed by atoms with Crippen LogP contribution >= 0.6 is 0 Å². The second-order valence-corrected chi connectivity index (χ2v) is 4.83. The molecule has 0 unspecified atom stereocenters. The van der Waals surface area contributed by atoms with Gasteiger partial charge in [-0.2, -0.15) is 0 Å². The minimum absolute atomic E-state index is 0.241. The Labute approximate surface area is 88.8 Å². The second-order valence-electron chi connectivity index (χ2n) is 4.83. The normalized spacial score (nSPS) is 12.4. The van der Waals surface area contributed by atoms with E-state index >= 15 is 0 Å².